The number of hydrogen-bond donors (Lipinski definition) is 2. The van der Waals surface area contributed by atoms with Gasteiger partial charge in [-0.05, 0) is 30.2 Å². The van der Waals surface area contributed by atoms with Crippen molar-refractivity contribution in [2.45, 2.75) is 30.8 Å². The molecule has 2 aromatic rings. The third-order valence-electron chi connectivity index (χ3n) is 3.71. The molecule has 3 rings (SSSR count). The molecule has 0 unspecified atom stereocenters. The van der Waals surface area contributed by atoms with Crippen molar-refractivity contribution in [1.82, 2.24) is 9.97 Å². The summed E-state index contributed by atoms with van der Waals surface area (Å²) in [6, 6.07) is 4.50. The van der Waals surface area contributed by atoms with Crippen molar-refractivity contribution in [2.75, 3.05) is 11.1 Å². The van der Waals surface area contributed by atoms with E-state index in [9.17, 15) is 14.0 Å². The zero-order valence-electron chi connectivity index (χ0n) is 12.9. The summed E-state index contributed by atoms with van der Waals surface area (Å²) in [5.74, 6) is -0.367. The van der Waals surface area contributed by atoms with Crippen LogP contribution in [0.1, 0.15) is 36.8 Å². The summed E-state index contributed by atoms with van der Waals surface area (Å²) in [7, 11) is 0. The second-order valence-corrected chi connectivity index (χ2v) is 7.45. The average Bonchev–Trinajstić information content (AvgIpc) is 2.54. The fourth-order valence-electron chi connectivity index (χ4n) is 2.67. The topological polar surface area (TPSA) is 74.8 Å². The number of rotatable bonds is 4. The summed E-state index contributed by atoms with van der Waals surface area (Å²) in [5.41, 5.74) is 0.261. The van der Waals surface area contributed by atoms with Gasteiger partial charge in [0.1, 0.15) is 11.6 Å². The minimum Gasteiger partial charge on any atom is -0.310 e. The van der Waals surface area contributed by atoms with E-state index in [1.54, 1.807) is 12.1 Å². The molecule has 1 aromatic carbocycles. The fraction of sp³-hybridized carbons (Fsp3) is 0.312. The third kappa shape index (κ3) is 3.39. The van der Waals surface area contributed by atoms with Gasteiger partial charge in [0.25, 0.3) is 5.56 Å². The number of benzene rings is 1. The van der Waals surface area contributed by atoms with E-state index in [1.165, 1.54) is 17.8 Å². The highest BCUT2D eigenvalue weighted by atomic mass is 79.9. The van der Waals surface area contributed by atoms with Crippen LogP contribution in [0.2, 0.25) is 0 Å². The van der Waals surface area contributed by atoms with Crippen LogP contribution >= 0.6 is 27.7 Å². The number of fused-ring (bicyclic) bond motifs is 1. The fourth-order valence-corrected chi connectivity index (χ4v) is 3.76. The first-order valence-electron chi connectivity index (χ1n) is 7.51. The average molecular weight is 412 g/mol. The number of hydrogen-bond acceptors (Lipinski definition) is 4. The summed E-state index contributed by atoms with van der Waals surface area (Å²) in [5, 5.41) is 3.09. The van der Waals surface area contributed by atoms with Crippen LogP contribution in [-0.2, 0) is 4.79 Å². The Kier molecular flexibility index (Phi) is 5.05. The predicted octanol–water partition coefficient (Wildman–Crippen LogP) is 3.65. The quantitative estimate of drug-likeness (QED) is 0.594. The maximum atomic E-state index is 14.3. The van der Waals surface area contributed by atoms with Gasteiger partial charge in [0.15, 0.2) is 5.16 Å². The van der Waals surface area contributed by atoms with Gasteiger partial charge in [-0.2, -0.15) is 0 Å². The molecule has 8 heteroatoms. The van der Waals surface area contributed by atoms with E-state index < -0.39 is 11.7 Å². The Morgan fingerprint density at radius 1 is 1.42 bits per heavy atom. The number of nitrogens with zero attached hydrogens (tertiary/aromatic N) is 1. The highest BCUT2D eigenvalue weighted by Gasteiger charge is 2.32. The van der Waals surface area contributed by atoms with Gasteiger partial charge < -0.3 is 10.3 Å². The van der Waals surface area contributed by atoms with Gasteiger partial charge in [0.05, 0.1) is 5.56 Å². The second-order valence-electron chi connectivity index (χ2n) is 5.45. The molecule has 0 saturated heterocycles. The summed E-state index contributed by atoms with van der Waals surface area (Å²) in [4.78, 5) is 31.6. The number of aromatic amines is 1. The third-order valence-corrected chi connectivity index (χ3v) is 5.28. The van der Waals surface area contributed by atoms with E-state index in [-0.39, 0.29) is 23.7 Å². The smallest absolute Gasteiger partial charge is 0.257 e. The molecular formula is C16H15BrFN3O2S. The zero-order valence-corrected chi connectivity index (χ0v) is 15.3. The van der Waals surface area contributed by atoms with Crippen LogP contribution in [0.4, 0.5) is 10.2 Å². The summed E-state index contributed by atoms with van der Waals surface area (Å²) >= 11 is 4.72. The van der Waals surface area contributed by atoms with Crippen molar-refractivity contribution in [3.8, 4) is 0 Å². The number of aromatic nitrogens is 2. The first kappa shape index (κ1) is 17.2. The lowest BCUT2D eigenvalue weighted by Crippen LogP contribution is -2.31. The minimum absolute atomic E-state index is 0.00653. The number of carbonyl (C=O) groups excluding carboxylic acids is 1. The molecule has 1 aliphatic heterocycles. The Morgan fingerprint density at radius 3 is 2.96 bits per heavy atom. The van der Waals surface area contributed by atoms with E-state index >= 15 is 0 Å². The van der Waals surface area contributed by atoms with Crippen molar-refractivity contribution >= 4 is 39.4 Å². The number of anilines is 1. The number of thioether (sulfide) groups is 1. The molecule has 1 aliphatic rings. The van der Waals surface area contributed by atoms with Gasteiger partial charge in [0, 0.05) is 22.6 Å². The number of H-pyrrole nitrogens is 1. The molecule has 1 amide bonds. The van der Waals surface area contributed by atoms with Gasteiger partial charge in [0.2, 0.25) is 5.91 Å². The molecule has 2 N–H and O–H groups in total. The molecule has 1 atom stereocenters. The molecule has 24 heavy (non-hydrogen) atoms. The number of halogens is 2. The van der Waals surface area contributed by atoms with E-state index in [1.807, 2.05) is 6.92 Å². The molecule has 0 saturated carbocycles. The zero-order chi connectivity index (χ0) is 17.3. The summed E-state index contributed by atoms with van der Waals surface area (Å²) in [6.07, 6.45) is 0.941. The Morgan fingerprint density at radius 2 is 2.21 bits per heavy atom. The SMILES string of the molecule is CCCSc1nc2c(c(=O)[nH]1)[C@@H](c1cc(Br)ccc1F)CC(=O)N2. The Hall–Kier alpha value is -1.67. The molecule has 0 bridgehead atoms. The summed E-state index contributed by atoms with van der Waals surface area (Å²) in [6.45, 7) is 2.03. The van der Waals surface area contributed by atoms with E-state index in [4.69, 9.17) is 0 Å². The molecule has 0 radical (unpaired) electrons. The van der Waals surface area contributed by atoms with Crippen molar-refractivity contribution < 1.29 is 9.18 Å². The van der Waals surface area contributed by atoms with E-state index in [0.717, 1.165) is 12.2 Å². The lowest BCUT2D eigenvalue weighted by molar-refractivity contribution is -0.116. The number of amides is 1. The van der Waals surface area contributed by atoms with Gasteiger partial charge in [-0.25, -0.2) is 9.37 Å². The number of nitrogens with one attached hydrogen (secondary N) is 2. The predicted molar refractivity (Wildman–Crippen MR) is 95.1 cm³/mol. The van der Waals surface area contributed by atoms with Crippen molar-refractivity contribution in [3.05, 3.63) is 50.0 Å². The maximum absolute atomic E-state index is 14.3. The van der Waals surface area contributed by atoms with Crippen LogP contribution in [0.25, 0.3) is 0 Å². The van der Waals surface area contributed by atoms with Gasteiger partial charge >= 0.3 is 0 Å². The molecule has 126 valence electrons. The normalized spacial score (nSPS) is 16.6. The van der Waals surface area contributed by atoms with Crippen LogP contribution in [0.15, 0.2) is 32.6 Å². The molecule has 0 aliphatic carbocycles. The van der Waals surface area contributed by atoms with Crippen LogP contribution in [0, 0.1) is 5.82 Å². The highest BCUT2D eigenvalue weighted by molar-refractivity contribution is 9.10. The first-order valence-corrected chi connectivity index (χ1v) is 9.29. The molecule has 2 heterocycles. The van der Waals surface area contributed by atoms with Gasteiger partial charge in [-0.15, -0.1) is 0 Å². The molecule has 1 aromatic heterocycles. The highest BCUT2D eigenvalue weighted by Crippen LogP contribution is 2.36. The lowest BCUT2D eigenvalue weighted by Gasteiger charge is -2.25. The molecule has 0 fully saturated rings. The Labute approximate surface area is 150 Å². The van der Waals surface area contributed by atoms with Crippen LogP contribution in [0.5, 0.6) is 0 Å². The van der Waals surface area contributed by atoms with E-state index in [2.05, 4.69) is 31.2 Å². The van der Waals surface area contributed by atoms with Crippen LogP contribution < -0.4 is 10.9 Å². The Bertz CT molecular complexity index is 856. The van der Waals surface area contributed by atoms with Gasteiger partial charge in [-0.3, -0.25) is 9.59 Å². The van der Waals surface area contributed by atoms with Crippen molar-refractivity contribution in [1.29, 1.82) is 0 Å². The molecule has 5 nitrogen and oxygen atoms in total. The number of carbonyl (C=O) groups is 1. The lowest BCUT2D eigenvalue weighted by atomic mass is 9.86. The van der Waals surface area contributed by atoms with E-state index in [0.29, 0.717) is 20.8 Å². The van der Waals surface area contributed by atoms with Crippen molar-refractivity contribution in [3.63, 3.8) is 0 Å². The largest absolute Gasteiger partial charge is 0.310 e. The van der Waals surface area contributed by atoms with Gasteiger partial charge in [-0.1, -0.05) is 34.6 Å². The maximum Gasteiger partial charge on any atom is 0.257 e. The molecular weight excluding hydrogens is 397 g/mol. The first-order chi connectivity index (χ1) is 11.5. The second kappa shape index (κ2) is 7.06. The Balaban J connectivity index is 2.11. The van der Waals surface area contributed by atoms with Crippen LogP contribution in [0.3, 0.4) is 0 Å². The van der Waals surface area contributed by atoms with Crippen molar-refractivity contribution in [2.24, 2.45) is 0 Å². The monoisotopic (exact) mass is 411 g/mol. The minimum atomic E-state index is -0.660. The standard InChI is InChI=1S/C16H15BrFN3O2S/c1-2-5-24-16-20-14-13(15(23)21-16)10(7-12(22)19-14)9-6-8(17)3-4-11(9)18/h3-4,6,10H,2,5,7H2,1H3,(H2,19,20,21,22,23)/t10-/m1/s1. The molecule has 0 spiro atoms. The summed E-state index contributed by atoms with van der Waals surface area (Å²) < 4.78 is 14.9. The van der Waals surface area contributed by atoms with Crippen LogP contribution in [-0.4, -0.2) is 21.6 Å².